The van der Waals surface area contributed by atoms with Crippen LogP contribution in [0.2, 0.25) is 0 Å². The molecule has 78 valence electrons. The van der Waals surface area contributed by atoms with Crippen LogP contribution in [0.4, 0.5) is 0 Å². The van der Waals surface area contributed by atoms with Crippen LogP contribution in [-0.4, -0.2) is 10.1 Å². The van der Waals surface area contributed by atoms with Gasteiger partial charge in [0, 0.05) is 16.5 Å². The fourth-order valence-electron chi connectivity index (χ4n) is 1.79. The van der Waals surface area contributed by atoms with Gasteiger partial charge in [0.15, 0.2) is 0 Å². The van der Waals surface area contributed by atoms with Crippen molar-refractivity contribution in [2.24, 2.45) is 5.92 Å². The number of hydrogen-bond donors (Lipinski definition) is 1. The molecule has 0 fully saturated rings. The first kappa shape index (κ1) is 9.97. The van der Waals surface area contributed by atoms with Gasteiger partial charge < -0.3 is 5.11 Å². The molecule has 0 amide bonds. The molecule has 1 N–H and O–H groups in total. The largest absolute Gasteiger partial charge is 0.506 e. The van der Waals surface area contributed by atoms with Crippen molar-refractivity contribution in [3.63, 3.8) is 0 Å². The van der Waals surface area contributed by atoms with E-state index >= 15 is 0 Å². The normalized spacial score (nSPS) is 11.1. The molecule has 0 radical (unpaired) electrons. The first-order valence-corrected chi connectivity index (χ1v) is 5.24. The van der Waals surface area contributed by atoms with Gasteiger partial charge in [-0.05, 0) is 12.3 Å². The van der Waals surface area contributed by atoms with E-state index < -0.39 is 0 Å². The quantitative estimate of drug-likeness (QED) is 0.809. The molecule has 2 heteroatoms. The maximum absolute atomic E-state index is 9.67. The molecule has 1 aromatic carbocycles. The minimum absolute atomic E-state index is 0.262. The van der Waals surface area contributed by atoms with Crippen molar-refractivity contribution in [1.29, 1.82) is 0 Å². The highest BCUT2D eigenvalue weighted by molar-refractivity contribution is 5.89. The molecule has 0 atom stereocenters. The van der Waals surface area contributed by atoms with Gasteiger partial charge in [0.2, 0.25) is 0 Å². The zero-order valence-corrected chi connectivity index (χ0v) is 9.07. The Morgan fingerprint density at radius 3 is 2.53 bits per heavy atom. The van der Waals surface area contributed by atoms with Crippen LogP contribution in [0.3, 0.4) is 0 Å². The highest BCUT2D eigenvalue weighted by Crippen LogP contribution is 2.26. The van der Waals surface area contributed by atoms with Crippen LogP contribution in [0.1, 0.15) is 19.5 Å². The molecule has 0 aliphatic heterocycles. The van der Waals surface area contributed by atoms with Crippen molar-refractivity contribution >= 4 is 10.8 Å². The second-order valence-corrected chi connectivity index (χ2v) is 4.23. The fourth-order valence-corrected chi connectivity index (χ4v) is 1.79. The van der Waals surface area contributed by atoms with Crippen LogP contribution in [0.25, 0.3) is 10.8 Å². The van der Waals surface area contributed by atoms with E-state index in [1.165, 1.54) is 0 Å². The third kappa shape index (κ3) is 1.94. The fraction of sp³-hybridized carbons (Fsp3) is 0.308. The molecule has 15 heavy (non-hydrogen) atoms. The summed E-state index contributed by atoms with van der Waals surface area (Å²) in [6, 6.07) is 7.85. The van der Waals surface area contributed by atoms with E-state index in [2.05, 4.69) is 18.8 Å². The number of rotatable bonds is 2. The summed E-state index contributed by atoms with van der Waals surface area (Å²) in [5, 5.41) is 11.6. The van der Waals surface area contributed by atoms with Crippen molar-refractivity contribution in [3.05, 3.63) is 36.2 Å². The van der Waals surface area contributed by atoms with Gasteiger partial charge in [0.1, 0.15) is 5.75 Å². The van der Waals surface area contributed by atoms with E-state index in [1.54, 1.807) is 6.20 Å². The van der Waals surface area contributed by atoms with Gasteiger partial charge in [-0.2, -0.15) is 0 Å². The predicted octanol–water partition coefficient (Wildman–Crippen LogP) is 3.14. The summed E-state index contributed by atoms with van der Waals surface area (Å²) in [4.78, 5) is 4.30. The SMILES string of the molecule is CC(C)Cc1ncc(O)c2ccccc12. The summed E-state index contributed by atoms with van der Waals surface area (Å²) >= 11 is 0. The molecule has 2 rings (SSSR count). The van der Waals surface area contributed by atoms with E-state index in [9.17, 15) is 5.11 Å². The summed E-state index contributed by atoms with van der Waals surface area (Å²) in [5.41, 5.74) is 1.07. The number of nitrogens with zero attached hydrogens (tertiary/aromatic N) is 1. The molecule has 0 bridgehead atoms. The topological polar surface area (TPSA) is 33.1 Å². The molecule has 0 aliphatic rings. The van der Waals surface area contributed by atoms with Gasteiger partial charge in [-0.1, -0.05) is 38.1 Å². The summed E-state index contributed by atoms with van der Waals surface area (Å²) in [6.07, 6.45) is 2.49. The van der Waals surface area contributed by atoms with Crippen LogP contribution in [0.15, 0.2) is 30.5 Å². The Hall–Kier alpha value is -1.57. The number of hydrogen-bond acceptors (Lipinski definition) is 2. The number of pyridine rings is 1. The van der Waals surface area contributed by atoms with Gasteiger partial charge >= 0.3 is 0 Å². The number of aromatic nitrogens is 1. The number of benzene rings is 1. The predicted molar refractivity (Wildman–Crippen MR) is 61.9 cm³/mol. The van der Waals surface area contributed by atoms with Crippen LogP contribution in [0.5, 0.6) is 5.75 Å². The van der Waals surface area contributed by atoms with Gasteiger partial charge in [0.05, 0.1) is 6.20 Å². The van der Waals surface area contributed by atoms with Crippen molar-refractivity contribution < 1.29 is 5.11 Å². The molecule has 1 aromatic heterocycles. The van der Waals surface area contributed by atoms with E-state index in [1.807, 2.05) is 24.3 Å². The lowest BCUT2D eigenvalue weighted by Crippen LogP contribution is -1.98. The molecule has 0 spiro atoms. The van der Waals surface area contributed by atoms with E-state index in [-0.39, 0.29) is 5.75 Å². The molecule has 2 nitrogen and oxygen atoms in total. The van der Waals surface area contributed by atoms with Crippen LogP contribution in [0, 0.1) is 5.92 Å². The molecule has 0 aliphatic carbocycles. The molecule has 1 heterocycles. The maximum Gasteiger partial charge on any atom is 0.141 e. The molecule has 2 aromatic rings. The molecule has 0 unspecified atom stereocenters. The van der Waals surface area contributed by atoms with Gasteiger partial charge in [-0.15, -0.1) is 0 Å². The third-order valence-corrected chi connectivity index (χ3v) is 2.46. The Labute approximate surface area is 89.6 Å². The van der Waals surface area contributed by atoms with Crippen molar-refractivity contribution in [2.45, 2.75) is 20.3 Å². The average molecular weight is 201 g/mol. The molecular formula is C13H15NO. The monoisotopic (exact) mass is 201 g/mol. The lowest BCUT2D eigenvalue weighted by atomic mass is 10.0. The number of fused-ring (bicyclic) bond motifs is 1. The van der Waals surface area contributed by atoms with E-state index in [0.29, 0.717) is 5.92 Å². The van der Waals surface area contributed by atoms with Crippen LogP contribution < -0.4 is 0 Å². The zero-order valence-electron chi connectivity index (χ0n) is 9.07. The van der Waals surface area contributed by atoms with E-state index in [0.717, 1.165) is 22.9 Å². The Morgan fingerprint density at radius 1 is 1.20 bits per heavy atom. The van der Waals surface area contributed by atoms with Gasteiger partial charge in [0.25, 0.3) is 0 Å². The second kappa shape index (κ2) is 3.89. The number of aromatic hydroxyl groups is 1. The van der Waals surface area contributed by atoms with Crippen LogP contribution in [-0.2, 0) is 6.42 Å². The Kier molecular flexibility index (Phi) is 2.58. The molecule has 0 saturated heterocycles. The van der Waals surface area contributed by atoms with Crippen molar-refractivity contribution in [1.82, 2.24) is 4.98 Å². The summed E-state index contributed by atoms with van der Waals surface area (Å²) in [7, 11) is 0. The minimum Gasteiger partial charge on any atom is -0.506 e. The minimum atomic E-state index is 0.262. The summed E-state index contributed by atoms with van der Waals surface area (Å²) in [6.45, 7) is 4.34. The highest BCUT2D eigenvalue weighted by Gasteiger charge is 2.07. The standard InChI is InChI=1S/C13H15NO/c1-9(2)7-12-10-5-3-4-6-11(10)13(15)8-14-12/h3-6,8-9,15H,7H2,1-2H3. The Bertz CT molecular complexity index is 477. The summed E-state index contributed by atoms with van der Waals surface area (Å²) in [5.74, 6) is 0.837. The third-order valence-electron chi connectivity index (χ3n) is 2.46. The first-order valence-electron chi connectivity index (χ1n) is 5.24. The molecular weight excluding hydrogens is 186 g/mol. The smallest absolute Gasteiger partial charge is 0.141 e. The first-order chi connectivity index (χ1) is 7.18. The maximum atomic E-state index is 9.67. The Balaban J connectivity index is 2.61. The van der Waals surface area contributed by atoms with Gasteiger partial charge in [-0.3, -0.25) is 4.98 Å². The lowest BCUT2D eigenvalue weighted by Gasteiger charge is -2.08. The van der Waals surface area contributed by atoms with Crippen LogP contribution >= 0.6 is 0 Å². The second-order valence-electron chi connectivity index (χ2n) is 4.23. The highest BCUT2D eigenvalue weighted by atomic mass is 16.3. The van der Waals surface area contributed by atoms with Gasteiger partial charge in [-0.25, -0.2) is 0 Å². The van der Waals surface area contributed by atoms with E-state index in [4.69, 9.17) is 0 Å². The summed E-state index contributed by atoms with van der Waals surface area (Å²) < 4.78 is 0. The Morgan fingerprint density at radius 2 is 1.87 bits per heavy atom. The lowest BCUT2D eigenvalue weighted by molar-refractivity contribution is 0.478. The van der Waals surface area contributed by atoms with Crippen molar-refractivity contribution in [3.8, 4) is 5.75 Å². The van der Waals surface area contributed by atoms with Crippen molar-refractivity contribution in [2.75, 3.05) is 0 Å². The zero-order chi connectivity index (χ0) is 10.8. The molecule has 0 saturated carbocycles. The average Bonchev–Trinajstić information content (AvgIpc) is 2.22.